The highest BCUT2D eigenvalue weighted by atomic mass is 16.1. The fraction of sp³-hybridized carbons (Fsp3) is 0.438. The summed E-state index contributed by atoms with van der Waals surface area (Å²) in [6.07, 6.45) is 5.99. The number of aromatic nitrogens is 3. The van der Waals surface area contributed by atoms with E-state index < -0.39 is 0 Å². The molecule has 116 valence electrons. The first-order chi connectivity index (χ1) is 10.6. The first-order valence-corrected chi connectivity index (χ1v) is 7.61. The van der Waals surface area contributed by atoms with Crippen LogP contribution in [0.5, 0.6) is 0 Å². The zero-order valence-corrected chi connectivity index (χ0v) is 12.9. The lowest BCUT2D eigenvalue weighted by atomic mass is 9.97. The zero-order chi connectivity index (χ0) is 15.7. The fourth-order valence-corrected chi connectivity index (χ4v) is 2.85. The number of amides is 1. The van der Waals surface area contributed by atoms with E-state index in [1.807, 2.05) is 26.1 Å². The van der Waals surface area contributed by atoms with Crippen LogP contribution in [0.4, 0.5) is 5.69 Å². The maximum Gasteiger partial charge on any atom is 0.227 e. The topological polar surface area (TPSA) is 85.8 Å². The van der Waals surface area contributed by atoms with Gasteiger partial charge in [-0.1, -0.05) is 13.3 Å². The van der Waals surface area contributed by atoms with Crippen molar-refractivity contribution in [3.05, 3.63) is 30.2 Å². The molecule has 3 heterocycles. The largest absolute Gasteiger partial charge is 0.323 e. The van der Waals surface area contributed by atoms with Gasteiger partial charge in [-0.15, -0.1) is 0 Å². The molecule has 2 aromatic heterocycles. The summed E-state index contributed by atoms with van der Waals surface area (Å²) in [6, 6.07) is 3.80. The van der Waals surface area contributed by atoms with Gasteiger partial charge in [-0.25, -0.2) is 0 Å². The quantitative estimate of drug-likeness (QED) is 0.781. The highest BCUT2D eigenvalue weighted by molar-refractivity contribution is 5.95. The van der Waals surface area contributed by atoms with Crippen molar-refractivity contribution in [1.82, 2.24) is 14.8 Å². The molecule has 6 heteroatoms. The van der Waals surface area contributed by atoms with Gasteiger partial charge in [-0.05, 0) is 25.0 Å². The van der Waals surface area contributed by atoms with Crippen molar-refractivity contribution in [3.63, 3.8) is 0 Å². The smallest absolute Gasteiger partial charge is 0.227 e. The van der Waals surface area contributed by atoms with E-state index in [0.717, 1.165) is 41.9 Å². The van der Waals surface area contributed by atoms with E-state index >= 15 is 0 Å². The number of carbonyl (C=O) groups excluding carboxylic acids is 1. The number of hydrogen-bond acceptors (Lipinski definition) is 4. The molecule has 22 heavy (non-hydrogen) atoms. The highest BCUT2D eigenvalue weighted by Crippen LogP contribution is 2.30. The average molecular weight is 299 g/mol. The molecule has 1 amide bonds. The Hall–Kier alpha value is -2.21. The number of anilines is 1. The Bertz CT molecular complexity index is 694. The Labute approximate surface area is 129 Å². The van der Waals surface area contributed by atoms with E-state index in [-0.39, 0.29) is 17.9 Å². The molecular weight excluding hydrogens is 278 g/mol. The average Bonchev–Trinajstić information content (AvgIpc) is 2.87. The van der Waals surface area contributed by atoms with Crippen LogP contribution >= 0.6 is 0 Å². The minimum atomic E-state index is -0.105. The van der Waals surface area contributed by atoms with Crippen LogP contribution in [-0.2, 0) is 11.8 Å². The van der Waals surface area contributed by atoms with Crippen LogP contribution < -0.4 is 11.1 Å². The van der Waals surface area contributed by atoms with Crippen LogP contribution in [-0.4, -0.2) is 20.7 Å². The molecule has 6 nitrogen and oxygen atoms in total. The van der Waals surface area contributed by atoms with Crippen molar-refractivity contribution in [3.8, 4) is 11.3 Å². The second-order valence-electron chi connectivity index (χ2n) is 5.93. The summed E-state index contributed by atoms with van der Waals surface area (Å²) in [6.45, 7) is 1.94. The third-order valence-corrected chi connectivity index (χ3v) is 4.23. The normalized spacial score (nSPS) is 22.2. The lowest BCUT2D eigenvalue weighted by Gasteiger charge is -2.17. The van der Waals surface area contributed by atoms with Crippen LogP contribution in [0.3, 0.4) is 0 Å². The number of nitrogens with zero attached hydrogens (tertiary/aromatic N) is 3. The van der Waals surface area contributed by atoms with Crippen LogP contribution in [0.25, 0.3) is 11.3 Å². The number of fused-ring (bicyclic) bond motifs is 4. The lowest BCUT2D eigenvalue weighted by Crippen LogP contribution is -2.21. The van der Waals surface area contributed by atoms with Crippen LogP contribution in [0.1, 0.15) is 37.9 Å². The molecule has 1 aliphatic rings. The Balaban J connectivity index is 2.10. The summed E-state index contributed by atoms with van der Waals surface area (Å²) in [5.41, 5.74) is 9.69. The predicted octanol–water partition coefficient (Wildman–Crippen LogP) is 2.24. The zero-order valence-electron chi connectivity index (χ0n) is 12.9. The Kier molecular flexibility index (Phi) is 3.94. The van der Waals surface area contributed by atoms with Gasteiger partial charge in [0.1, 0.15) is 0 Å². The van der Waals surface area contributed by atoms with Gasteiger partial charge in [-0.3, -0.25) is 14.5 Å². The van der Waals surface area contributed by atoms with E-state index in [0.29, 0.717) is 0 Å². The molecule has 0 spiro atoms. The van der Waals surface area contributed by atoms with Gasteiger partial charge in [0.2, 0.25) is 5.91 Å². The van der Waals surface area contributed by atoms with E-state index in [1.165, 1.54) is 0 Å². The molecule has 2 bridgehead atoms. The third-order valence-electron chi connectivity index (χ3n) is 4.23. The summed E-state index contributed by atoms with van der Waals surface area (Å²) in [7, 11) is 1.86. The maximum absolute atomic E-state index is 12.3. The molecular formula is C16H21N5O. The van der Waals surface area contributed by atoms with Gasteiger partial charge in [0, 0.05) is 30.8 Å². The van der Waals surface area contributed by atoms with Gasteiger partial charge in [-0.2, -0.15) is 5.10 Å². The Morgan fingerprint density at radius 1 is 1.41 bits per heavy atom. The summed E-state index contributed by atoms with van der Waals surface area (Å²) >= 11 is 0. The maximum atomic E-state index is 12.3. The van der Waals surface area contributed by atoms with Gasteiger partial charge < -0.3 is 11.1 Å². The second kappa shape index (κ2) is 5.88. The van der Waals surface area contributed by atoms with Crippen molar-refractivity contribution in [2.75, 3.05) is 5.32 Å². The summed E-state index contributed by atoms with van der Waals surface area (Å²) in [5.74, 6) is -0.0244. The van der Waals surface area contributed by atoms with Gasteiger partial charge >= 0.3 is 0 Å². The van der Waals surface area contributed by atoms with Gasteiger partial charge in [0.05, 0.1) is 23.3 Å². The minimum Gasteiger partial charge on any atom is -0.323 e. The van der Waals surface area contributed by atoms with Crippen molar-refractivity contribution in [2.45, 2.75) is 32.2 Å². The first kappa shape index (κ1) is 14.7. The molecule has 0 saturated heterocycles. The molecule has 1 unspecified atom stereocenters. The van der Waals surface area contributed by atoms with E-state index in [1.54, 1.807) is 17.1 Å². The molecule has 0 fully saturated rings. The predicted molar refractivity (Wildman–Crippen MR) is 85.0 cm³/mol. The van der Waals surface area contributed by atoms with Crippen molar-refractivity contribution in [1.29, 1.82) is 0 Å². The third kappa shape index (κ3) is 2.74. The van der Waals surface area contributed by atoms with Gasteiger partial charge in [0.15, 0.2) is 0 Å². The standard InChI is InChI=1S/C16H21N5O/c1-10-4-3-5-12(17)13-8-11(6-7-18-13)15-14(20-16(10)22)9-19-21(15)2/h6-10,12H,3-5,17H2,1-2H3,(H,20,22)/t10-,12?/m0/s1. The SMILES string of the molecule is C[C@H]1CCCC(N)c2cc(ccn2)-c2c(cnn2C)NC1=O. The molecule has 0 aromatic carbocycles. The number of nitrogens with two attached hydrogens (primary N) is 1. The van der Waals surface area contributed by atoms with Crippen LogP contribution in [0.2, 0.25) is 0 Å². The summed E-state index contributed by atoms with van der Waals surface area (Å²) in [5, 5.41) is 7.27. The molecule has 3 rings (SSSR count). The molecule has 0 saturated carbocycles. The fourth-order valence-electron chi connectivity index (χ4n) is 2.85. The summed E-state index contributed by atoms with van der Waals surface area (Å²) < 4.78 is 1.76. The van der Waals surface area contributed by atoms with Crippen LogP contribution in [0, 0.1) is 5.92 Å². The number of nitrogens with one attached hydrogen (secondary N) is 1. The monoisotopic (exact) mass is 299 g/mol. The number of carbonyl (C=O) groups is 1. The Morgan fingerprint density at radius 2 is 2.23 bits per heavy atom. The molecule has 1 aliphatic heterocycles. The van der Waals surface area contributed by atoms with E-state index in [9.17, 15) is 4.79 Å². The van der Waals surface area contributed by atoms with Crippen molar-refractivity contribution in [2.24, 2.45) is 18.7 Å². The molecule has 2 aromatic rings. The number of rotatable bonds is 0. The number of aryl methyl sites for hydroxylation is 1. The molecule has 2 atom stereocenters. The highest BCUT2D eigenvalue weighted by Gasteiger charge is 2.20. The van der Waals surface area contributed by atoms with Crippen molar-refractivity contribution < 1.29 is 4.79 Å². The lowest BCUT2D eigenvalue weighted by molar-refractivity contribution is -0.119. The van der Waals surface area contributed by atoms with E-state index in [4.69, 9.17) is 5.73 Å². The number of hydrogen-bond donors (Lipinski definition) is 2. The summed E-state index contributed by atoms with van der Waals surface area (Å²) in [4.78, 5) is 16.7. The molecule has 3 N–H and O–H groups in total. The van der Waals surface area contributed by atoms with Crippen LogP contribution in [0.15, 0.2) is 24.5 Å². The van der Waals surface area contributed by atoms with E-state index in [2.05, 4.69) is 15.4 Å². The molecule has 0 aliphatic carbocycles. The van der Waals surface area contributed by atoms with Gasteiger partial charge in [0.25, 0.3) is 0 Å². The molecule has 0 radical (unpaired) electrons. The minimum absolute atomic E-state index is 0.0256. The second-order valence-corrected chi connectivity index (χ2v) is 5.93. The Morgan fingerprint density at radius 3 is 3.05 bits per heavy atom. The van der Waals surface area contributed by atoms with Crippen molar-refractivity contribution >= 4 is 11.6 Å². The first-order valence-electron chi connectivity index (χ1n) is 7.61. The number of pyridine rings is 1.